The lowest BCUT2D eigenvalue weighted by molar-refractivity contribution is 0.102. The first kappa shape index (κ1) is 20.3. The number of anilines is 2. The third-order valence-corrected chi connectivity index (χ3v) is 5.26. The predicted molar refractivity (Wildman–Crippen MR) is 114 cm³/mol. The Labute approximate surface area is 172 Å². The molecule has 29 heavy (non-hydrogen) atoms. The molecule has 1 aromatic heterocycles. The summed E-state index contributed by atoms with van der Waals surface area (Å²) in [6, 6.07) is 14.0. The minimum absolute atomic E-state index is 0.250. The molecule has 0 unspecified atom stereocenters. The van der Waals surface area contributed by atoms with E-state index in [2.05, 4.69) is 15.6 Å². The van der Waals surface area contributed by atoms with Gasteiger partial charge in [-0.3, -0.25) is 4.79 Å². The molecule has 0 radical (unpaired) electrons. The van der Waals surface area contributed by atoms with Gasteiger partial charge in [0.1, 0.15) is 0 Å². The van der Waals surface area contributed by atoms with E-state index < -0.39 is 6.09 Å². The number of carbonyl (C=O) groups is 2. The zero-order valence-electron chi connectivity index (χ0n) is 16.0. The number of ether oxygens (including phenoxy) is 1. The maximum atomic E-state index is 12.3. The Bertz CT molecular complexity index is 986. The molecule has 3 rings (SSSR count). The molecule has 2 amide bonds. The molecule has 1 heterocycles. The molecule has 0 aliphatic heterocycles. The molecule has 0 saturated heterocycles. The van der Waals surface area contributed by atoms with E-state index in [1.165, 1.54) is 0 Å². The van der Waals surface area contributed by atoms with Crippen LogP contribution in [0, 0.1) is 6.92 Å². The molecule has 0 saturated carbocycles. The number of aromatic nitrogens is 1. The van der Waals surface area contributed by atoms with Gasteiger partial charge >= 0.3 is 6.09 Å². The van der Waals surface area contributed by atoms with E-state index in [1.54, 1.807) is 65.4 Å². The molecule has 150 valence electrons. The van der Waals surface area contributed by atoms with Crippen molar-refractivity contribution >= 4 is 34.7 Å². The number of aryl methyl sites for hydroxylation is 1. The van der Waals surface area contributed by atoms with Crippen LogP contribution >= 0.6 is 11.3 Å². The van der Waals surface area contributed by atoms with Crippen LogP contribution in [-0.4, -0.2) is 23.6 Å². The lowest BCUT2D eigenvalue weighted by Crippen LogP contribution is -2.24. The number of carbonyl (C=O) groups excluding carboxylic acids is 2. The minimum atomic E-state index is -0.478. The number of thiazole rings is 1. The highest BCUT2D eigenvalue weighted by Crippen LogP contribution is 2.18. The Morgan fingerprint density at radius 1 is 1.14 bits per heavy atom. The second kappa shape index (κ2) is 9.70. The van der Waals surface area contributed by atoms with Crippen LogP contribution in [0.1, 0.15) is 26.5 Å². The van der Waals surface area contributed by atoms with E-state index in [0.717, 1.165) is 16.1 Å². The van der Waals surface area contributed by atoms with Crippen molar-refractivity contribution < 1.29 is 14.3 Å². The monoisotopic (exact) mass is 410 g/mol. The average molecular weight is 410 g/mol. The van der Waals surface area contributed by atoms with Crippen LogP contribution in [0.2, 0.25) is 0 Å². The average Bonchev–Trinajstić information content (AvgIpc) is 3.13. The number of nitrogen functional groups attached to an aromatic ring is 1. The van der Waals surface area contributed by atoms with E-state index in [-0.39, 0.29) is 5.91 Å². The van der Waals surface area contributed by atoms with Crippen LogP contribution in [-0.2, 0) is 17.7 Å². The molecule has 4 N–H and O–H groups in total. The summed E-state index contributed by atoms with van der Waals surface area (Å²) in [5, 5.41) is 5.48. The zero-order chi connectivity index (χ0) is 20.6. The molecule has 0 aliphatic carbocycles. The van der Waals surface area contributed by atoms with Crippen LogP contribution in [0.4, 0.5) is 16.2 Å². The Morgan fingerprint density at radius 2 is 1.90 bits per heavy atom. The molecule has 0 spiro atoms. The Morgan fingerprint density at radius 3 is 2.59 bits per heavy atom. The van der Waals surface area contributed by atoms with Crippen molar-refractivity contribution in [3.8, 4) is 0 Å². The first-order valence-electron chi connectivity index (χ1n) is 9.07. The number of benzene rings is 2. The van der Waals surface area contributed by atoms with Gasteiger partial charge in [-0.2, -0.15) is 0 Å². The lowest BCUT2D eigenvalue weighted by atomic mass is 10.1. The predicted octanol–water partition coefficient (Wildman–Crippen LogP) is 3.75. The topological polar surface area (TPSA) is 106 Å². The van der Waals surface area contributed by atoms with Gasteiger partial charge in [-0.05, 0) is 36.8 Å². The molecule has 8 heteroatoms. The van der Waals surface area contributed by atoms with E-state index in [9.17, 15) is 9.59 Å². The van der Waals surface area contributed by atoms with Crippen molar-refractivity contribution in [3.63, 3.8) is 0 Å². The number of hydrogen-bond donors (Lipinski definition) is 3. The number of nitrogens with zero attached hydrogens (tertiary/aromatic N) is 1. The van der Waals surface area contributed by atoms with E-state index in [4.69, 9.17) is 10.5 Å². The van der Waals surface area contributed by atoms with Crippen molar-refractivity contribution in [2.24, 2.45) is 0 Å². The van der Waals surface area contributed by atoms with Gasteiger partial charge in [0.25, 0.3) is 5.91 Å². The summed E-state index contributed by atoms with van der Waals surface area (Å²) in [6.07, 6.45) is 0.174. The molecule has 0 fully saturated rings. The summed E-state index contributed by atoms with van der Waals surface area (Å²) < 4.78 is 5.18. The largest absolute Gasteiger partial charge is 0.449 e. The van der Waals surface area contributed by atoms with Gasteiger partial charge in [0.15, 0.2) is 0 Å². The van der Waals surface area contributed by atoms with Crippen molar-refractivity contribution in [2.75, 3.05) is 17.7 Å². The maximum absolute atomic E-state index is 12.3. The Hall–Kier alpha value is -3.39. The summed E-state index contributed by atoms with van der Waals surface area (Å²) in [4.78, 5) is 29.4. The summed E-state index contributed by atoms with van der Waals surface area (Å²) in [7, 11) is 0. The number of para-hydroxylation sites is 2. The molecule has 0 bridgehead atoms. The number of amides is 2. The van der Waals surface area contributed by atoms with Gasteiger partial charge in [0.05, 0.1) is 29.2 Å². The highest BCUT2D eigenvalue weighted by atomic mass is 32.1. The van der Waals surface area contributed by atoms with Crippen LogP contribution < -0.4 is 16.4 Å². The summed E-state index contributed by atoms with van der Waals surface area (Å²) >= 11 is 1.55. The van der Waals surface area contributed by atoms with Crippen molar-refractivity contribution in [3.05, 3.63) is 75.7 Å². The van der Waals surface area contributed by atoms with Crippen molar-refractivity contribution in [1.82, 2.24) is 10.3 Å². The molecular formula is C21H22N4O3S. The van der Waals surface area contributed by atoms with Crippen LogP contribution in [0.15, 0.2) is 54.0 Å². The van der Waals surface area contributed by atoms with Gasteiger partial charge in [0, 0.05) is 23.4 Å². The van der Waals surface area contributed by atoms with E-state index >= 15 is 0 Å². The number of nitrogens with two attached hydrogens (primary N) is 1. The number of nitrogens with one attached hydrogen (secondary N) is 2. The molecule has 0 atom stereocenters. The highest BCUT2D eigenvalue weighted by molar-refractivity contribution is 7.09. The minimum Gasteiger partial charge on any atom is -0.449 e. The fourth-order valence-electron chi connectivity index (χ4n) is 2.61. The van der Waals surface area contributed by atoms with Gasteiger partial charge in [-0.1, -0.05) is 24.3 Å². The standard InChI is InChI=1S/C21H22N4O3S/c1-14-19(29-13-24-14)10-11-28-21(27)23-12-15-6-8-16(9-7-15)20(26)25-18-5-3-2-4-17(18)22/h2-9,13H,10-12,22H2,1H3,(H,23,27)(H,25,26). The highest BCUT2D eigenvalue weighted by Gasteiger charge is 2.09. The quantitative estimate of drug-likeness (QED) is 0.514. The van der Waals surface area contributed by atoms with Crippen molar-refractivity contribution in [1.29, 1.82) is 0 Å². The smallest absolute Gasteiger partial charge is 0.407 e. The molecule has 3 aromatic rings. The number of alkyl carbamates (subject to hydrolysis) is 1. The summed E-state index contributed by atoms with van der Waals surface area (Å²) in [5.74, 6) is -0.250. The SMILES string of the molecule is Cc1ncsc1CCOC(=O)NCc1ccc(C(=O)Nc2ccccc2N)cc1. The van der Waals surface area contributed by atoms with Gasteiger partial charge in [-0.25, -0.2) is 9.78 Å². The zero-order valence-corrected chi connectivity index (χ0v) is 16.8. The van der Waals surface area contributed by atoms with E-state index in [0.29, 0.717) is 36.5 Å². The second-order valence-electron chi connectivity index (χ2n) is 6.34. The van der Waals surface area contributed by atoms with Crippen LogP contribution in [0.5, 0.6) is 0 Å². The molecule has 7 nitrogen and oxygen atoms in total. The van der Waals surface area contributed by atoms with Gasteiger partial charge in [0.2, 0.25) is 0 Å². The van der Waals surface area contributed by atoms with Crippen molar-refractivity contribution in [2.45, 2.75) is 19.9 Å². The summed E-state index contributed by atoms with van der Waals surface area (Å²) in [5.41, 5.74) is 11.0. The summed E-state index contributed by atoms with van der Waals surface area (Å²) in [6.45, 7) is 2.55. The number of rotatable bonds is 7. The van der Waals surface area contributed by atoms with Gasteiger partial charge in [-0.15, -0.1) is 11.3 Å². The molecular weight excluding hydrogens is 388 g/mol. The Kier molecular flexibility index (Phi) is 6.80. The second-order valence-corrected chi connectivity index (χ2v) is 7.28. The number of hydrogen-bond acceptors (Lipinski definition) is 6. The fraction of sp³-hybridized carbons (Fsp3) is 0.190. The third kappa shape index (κ3) is 5.79. The molecule has 0 aliphatic rings. The normalized spacial score (nSPS) is 10.4. The van der Waals surface area contributed by atoms with E-state index in [1.807, 2.05) is 6.92 Å². The third-order valence-electron chi connectivity index (χ3n) is 4.27. The van der Waals surface area contributed by atoms with Crippen LogP contribution in [0.3, 0.4) is 0 Å². The molecule has 2 aromatic carbocycles. The lowest BCUT2D eigenvalue weighted by Gasteiger charge is -2.09. The first-order chi connectivity index (χ1) is 14.0. The fourth-order valence-corrected chi connectivity index (χ4v) is 3.37. The van der Waals surface area contributed by atoms with Gasteiger partial charge < -0.3 is 21.1 Å². The Balaban J connectivity index is 1.44. The first-order valence-corrected chi connectivity index (χ1v) is 9.95. The maximum Gasteiger partial charge on any atom is 0.407 e. The van der Waals surface area contributed by atoms with Crippen LogP contribution in [0.25, 0.3) is 0 Å².